The SMILES string of the molecule is CN(C=O)c1nnc(Cc2ccsc2)c2cc(-c3ccc(Cl)cc3)sc12. The van der Waals surface area contributed by atoms with Crippen LogP contribution in [0.5, 0.6) is 0 Å². The highest BCUT2D eigenvalue weighted by Gasteiger charge is 2.17. The molecule has 0 aliphatic heterocycles. The van der Waals surface area contributed by atoms with Crippen LogP contribution in [0.3, 0.4) is 0 Å². The van der Waals surface area contributed by atoms with Crippen LogP contribution < -0.4 is 4.90 Å². The van der Waals surface area contributed by atoms with Gasteiger partial charge in [-0.15, -0.1) is 16.4 Å². The molecule has 0 saturated carbocycles. The van der Waals surface area contributed by atoms with Gasteiger partial charge in [0.2, 0.25) is 6.41 Å². The van der Waals surface area contributed by atoms with Gasteiger partial charge in [0, 0.05) is 28.8 Å². The van der Waals surface area contributed by atoms with E-state index in [0.29, 0.717) is 10.8 Å². The van der Waals surface area contributed by atoms with Gasteiger partial charge >= 0.3 is 0 Å². The molecule has 4 nitrogen and oxygen atoms in total. The summed E-state index contributed by atoms with van der Waals surface area (Å²) in [4.78, 5) is 13.8. The summed E-state index contributed by atoms with van der Waals surface area (Å²) in [5.41, 5.74) is 3.20. The Kier molecular flexibility index (Phi) is 4.72. The maximum atomic E-state index is 11.3. The molecule has 4 aromatic rings. The molecule has 4 rings (SSSR count). The third kappa shape index (κ3) is 3.23. The van der Waals surface area contributed by atoms with E-state index in [1.165, 1.54) is 10.5 Å². The predicted molar refractivity (Wildman–Crippen MR) is 109 cm³/mol. The Bertz CT molecular complexity index is 1060. The largest absolute Gasteiger partial charge is 0.300 e. The van der Waals surface area contributed by atoms with E-state index in [1.54, 1.807) is 29.7 Å². The molecular formula is C19H14ClN3OS2. The molecule has 0 N–H and O–H groups in total. The van der Waals surface area contributed by atoms with Crippen molar-refractivity contribution in [3.05, 3.63) is 63.4 Å². The summed E-state index contributed by atoms with van der Waals surface area (Å²) in [5.74, 6) is 0.578. The van der Waals surface area contributed by atoms with Crippen LogP contribution in [0, 0.1) is 0 Å². The lowest BCUT2D eigenvalue weighted by Gasteiger charge is -2.10. The van der Waals surface area contributed by atoms with Gasteiger partial charge in [0.1, 0.15) is 0 Å². The topological polar surface area (TPSA) is 46.1 Å². The number of aromatic nitrogens is 2. The Morgan fingerprint density at radius 3 is 2.69 bits per heavy atom. The Morgan fingerprint density at radius 2 is 2.00 bits per heavy atom. The van der Waals surface area contributed by atoms with Gasteiger partial charge in [-0.2, -0.15) is 16.4 Å². The smallest absolute Gasteiger partial charge is 0.215 e. The van der Waals surface area contributed by atoms with Crippen molar-refractivity contribution in [3.63, 3.8) is 0 Å². The summed E-state index contributed by atoms with van der Waals surface area (Å²) in [6, 6.07) is 12.0. The summed E-state index contributed by atoms with van der Waals surface area (Å²) in [5, 5.41) is 14.6. The first-order valence-electron chi connectivity index (χ1n) is 7.90. The lowest BCUT2D eigenvalue weighted by molar-refractivity contribution is -0.107. The fourth-order valence-electron chi connectivity index (χ4n) is 2.73. The van der Waals surface area contributed by atoms with Crippen molar-refractivity contribution >= 4 is 56.6 Å². The number of hydrogen-bond acceptors (Lipinski definition) is 5. The first kappa shape index (κ1) is 17.1. The third-order valence-corrected chi connectivity index (χ3v) is 6.25. The maximum Gasteiger partial charge on any atom is 0.215 e. The molecule has 0 aliphatic rings. The fourth-order valence-corrected chi connectivity index (χ4v) is 4.74. The minimum absolute atomic E-state index is 0.578. The maximum absolute atomic E-state index is 11.3. The second-order valence-electron chi connectivity index (χ2n) is 5.86. The molecule has 0 bridgehead atoms. The van der Waals surface area contributed by atoms with Gasteiger partial charge in [0.15, 0.2) is 5.82 Å². The minimum Gasteiger partial charge on any atom is -0.300 e. The molecule has 0 unspecified atom stereocenters. The van der Waals surface area contributed by atoms with Crippen molar-refractivity contribution in [2.75, 3.05) is 11.9 Å². The Balaban J connectivity index is 1.88. The van der Waals surface area contributed by atoms with Crippen LogP contribution in [0.2, 0.25) is 5.02 Å². The first-order valence-corrected chi connectivity index (χ1v) is 10.0. The summed E-state index contributed by atoms with van der Waals surface area (Å²) in [6.07, 6.45) is 1.47. The highest BCUT2D eigenvalue weighted by Crippen LogP contribution is 2.39. The van der Waals surface area contributed by atoms with E-state index in [-0.39, 0.29) is 0 Å². The number of halogens is 1. The molecule has 3 aromatic heterocycles. The van der Waals surface area contributed by atoms with Crippen LogP contribution >= 0.6 is 34.3 Å². The van der Waals surface area contributed by atoms with E-state index in [0.717, 1.165) is 39.1 Å². The van der Waals surface area contributed by atoms with E-state index in [2.05, 4.69) is 33.1 Å². The molecule has 3 heterocycles. The molecule has 26 heavy (non-hydrogen) atoms. The van der Waals surface area contributed by atoms with Crippen molar-refractivity contribution < 1.29 is 4.79 Å². The summed E-state index contributed by atoms with van der Waals surface area (Å²) >= 11 is 9.28. The normalized spacial score (nSPS) is 11.0. The average Bonchev–Trinajstić information content (AvgIpc) is 3.32. The lowest BCUT2D eigenvalue weighted by Crippen LogP contribution is -2.16. The van der Waals surface area contributed by atoms with Crippen molar-refractivity contribution in [2.45, 2.75) is 6.42 Å². The zero-order valence-electron chi connectivity index (χ0n) is 13.8. The van der Waals surface area contributed by atoms with Crippen molar-refractivity contribution in [1.29, 1.82) is 0 Å². The van der Waals surface area contributed by atoms with Crippen LogP contribution in [-0.4, -0.2) is 23.7 Å². The fraction of sp³-hybridized carbons (Fsp3) is 0.105. The van der Waals surface area contributed by atoms with Gasteiger partial charge in [-0.05, 0) is 46.2 Å². The van der Waals surface area contributed by atoms with Gasteiger partial charge < -0.3 is 0 Å². The van der Waals surface area contributed by atoms with Crippen LogP contribution in [-0.2, 0) is 11.2 Å². The number of nitrogens with zero attached hydrogens (tertiary/aromatic N) is 3. The van der Waals surface area contributed by atoms with Crippen molar-refractivity contribution in [3.8, 4) is 10.4 Å². The van der Waals surface area contributed by atoms with Gasteiger partial charge in [-0.3, -0.25) is 9.69 Å². The number of benzene rings is 1. The Labute approximate surface area is 163 Å². The second-order valence-corrected chi connectivity index (χ2v) is 8.12. The van der Waals surface area contributed by atoms with Crippen LogP contribution in [0.4, 0.5) is 5.82 Å². The van der Waals surface area contributed by atoms with E-state index in [4.69, 9.17) is 11.6 Å². The molecule has 0 aliphatic carbocycles. The molecule has 0 fully saturated rings. The Morgan fingerprint density at radius 1 is 1.19 bits per heavy atom. The van der Waals surface area contributed by atoms with Crippen LogP contribution in [0.25, 0.3) is 20.5 Å². The predicted octanol–water partition coefficient (Wildman–Crippen LogP) is 5.26. The molecule has 0 spiro atoms. The highest BCUT2D eigenvalue weighted by atomic mass is 35.5. The molecule has 0 saturated heterocycles. The van der Waals surface area contributed by atoms with Gasteiger partial charge in [0.25, 0.3) is 0 Å². The third-order valence-electron chi connectivity index (χ3n) is 4.08. The number of thiophene rings is 2. The number of hydrogen-bond donors (Lipinski definition) is 0. The number of carbonyl (C=O) groups excluding carboxylic acids is 1. The number of rotatable bonds is 5. The second kappa shape index (κ2) is 7.15. The molecule has 1 aromatic carbocycles. The van der Waals surface area contributed by atoms with Gasteiger partial charge in [0.05, 0.1) is 10.4 Å². The van der Waals surface area contributed by atoms with Gasteiger partial charge in [-0.1, -0.05) is 23.7 Å². The molecule has 130 valence electrons. The van der Waals surface area contributed by atoms with Crippen molar-refractivity contribution in [2.24, 2.45) is 0 Å². The first-order chi connectivity index (χ1) is 12.7. The Hall–Kier alpha value is -2.28. The molecular weight excluding hydrogens is 386 g/mol. The van der Waals surface area contributed by atoms with E-state index in [9.17, 15) is 4.79 Å². The summed E-state index contributed by atoms with van der Waals surface area (Å²) < 4.78 is 0.963. The van der Waals surface area contributed by atoms with Crippen LogP contribution in [0.1, 0.15) is 11.3 Å². The van der Waals surface area contributed by atoms with Gasteiger partial charge in [-0.25, -0.2) is 0 Å². The molecule has 0 radical (unpaired) electrons. The lowest BCUT2D eigenvalue weighted by atomic mass is 10.1. The zero-order chi connectivity index (χ0) is 18.1. The quantitative estimate of drug-likeness (QED) is 0.430. The van der Waals surface area contributed by atoms with E-state index < -0.39 is 0 Å². The molecule has 0 atom stereocenters. The minimum atomic E-state index is 0.578. The summed E-state index contributed by atoms with van der Waals surface area (Å²) in [7, 11) is 1.69. The van der Waals surface area contributed by atoms with Crippen molar-refractivity contribution in [1.82, 2.24) is 10.2 Å². The average molecular weight is 400 g/mol. The van der Waals surface area contributed by atoms with E-state index >= 15 is 0 Å². The summed E-state index contributed by atoms with van der Waals surface area (Å²) in [6.45, 7) is 0. The number of anilines is 1. The number of fused-ring (bicyclic) bond motifs is 1. The molecule has 1 amide bonds. The van der Waals surface area contributed by atoms with Crippen LogP contribution in [0.15, 0.2) is 47.2 Å². The van der Waals surface area contributed by atoms with E-state index in [1.807, 2.05) is 24.3 Å². The zero-order valence-corrected chi connectivity index (χ0v) is 16.2. The molecule has 7 heteroatoms. The monoisotopic (exact) mass is 399 g/mol. The number of amides is 1. The number of carbonyl (C=O) groups is 1. The highest BCUT2D eigenvalue weighted by molar-refractivity contribution is 7.22. The standard InChI is InChI=1S/C19H14ClN3OS2/c1-23(11-24)19-18-15(16(21-22-19)8-12-6-7-25-10-12)9-17(26-18)13-2-4-14(20)5-3-13/h2-7,9-11H,8H2,1H3.